The van der Waals surface area contributed by atoms with Gasteiger partial charge in [-0.15, -0.1) is 11.3 Å². The van der Waals surface area contributed by atoms with E-state index in [1.54, 1.807) is 4.57 Å². The summed E-state index contributed by atoms with van der Waals surface area (Å²) in [5.41, 5.74) is 1.00. The van der Waals surface area contributed by atoms with Crippen LogP contribution in [0, 0.1) is 13.8 Å². The topological polar surface area (TPSA) is 64.4 Å². The number of thioether (sulfide) groups is 1. The lowest BCUT2D eigenvalue weighted by Crippen LogP contribution is -2.41. The van der Waals surface area contributed by atoms with Gasteiger partial charge in [0.2, 0.25) is 5.91 Å². The number of carbonyl (C=O) groups is 1. The average molecular weight is 367 g/mol. The molecule has 2 aromatic heterocycles. The Morgan fingerprint density at radius 2 is 2.04 bits per heavy atom. The molecule has 0 atom stereocenters. The van der Waals surface area contributed by atoms with Crippen LogP contribution in [0.2, 0.25) is 0 Å². The molecule has 0 saturated carbocycles. The van der Waals surface area contributed by atoms with Crippen LogP contribution in [0.1, 0.15) is 17.4 Å². The van der Waals surface area contributed by atoms with Gasteiger partial charge in [0.05, 0.1) is 24.4 Å². The molecule has 1 saturated heterocycles. The Bertz CT molecular complexity index is 822. The molecule has 0 radical (unpaired) electrons. The molecular formula is C16H21N3O3S2. The van der Waals surface area contributed by atoms with Gasteiger partial charge in [0, 0.05) is 24.5 Å². The second-order valence-corrected chi connectivity index (χ2v) is 7.83. The Kier molecular flexibility index (Phi) is 5.27. The van der Waals surface area contributed by atoms with E-state index in [1.165, 1.54) is 23.1 Å². The summed E-state index contributed by atoms with van der Waals surface area (Å²) < 4.78 is 6.93. The van der Waals surface area contributed by atoms with E-state index in [0.717, 1.165) is 15.3 Å². The van der Waals surface area contributed by atoms with Crippen molar-refractivity contribution in [1.29, 1.82) is 0 Å². The molecule has 0 spiro atoms. The monoisotopic (exact) mass is 367 g/mol. The highest BCUT2D eigenvalue weighted by Gasteiger charge is 2.20. The third-order valence-electron chi connectivity index (χ3n) is 4.26. The molecule has 130 valence electrons. The largest absolute Gasteiger partial charge is 0.378 e. The lowest BCUT2D eigenvalue weighted by Gasteiger charge is -2.26. The average Bonchev–Trinajstić information content (AvgIpc) is 2.88. The number of rotatable bonds is 4. The minimum atomic E-state index is -0.00864. The number of hydrogen-bond acceptors (Lipinski definition) is 6. The zero-order valence-corrected chi connectivity index (χ0v) is 15.8. The first-order valence-corrected chi connectivity index (χ1v) is 9.82. The van der Waals surface area contributed by atoms with Gasteiger partial charge in [0.15, 0.2) is 5.16 Å². The highest BCUT2D eigenvalue weighted by Crippen LogP contribution is 2.28. The van der Waals surface area contributed by atoms with Crippen molar-refractivity contribution in [1.82, 2.24) is 14.5 Å². The number of thiophene rings is 1. The molecule has 0 unspecified atom stereocenters. The molecule has 2 aromatic rings. The molecule has 0 aliphatic carbocycles. The second kappa shape index (κ2) is 7.25. The van der Waals surface area contributed by atoms with Crippen molar-refractivity contribution in [3.63, 3.8) is 0 Å². The van der Waals surface area contributed by atoms with Crippen LogP contribution in [0.25, 0.3) is 10.2 Å². The second-order valence-electron chi connectivity index (χ2n) is 5.69. The smallest absolute Gasteiger partial charge is 0.263 e. The van der Waals surface area contributed by atoms with Crippen LogP contribution in [0.4, 0.5) is 0 Å². The zero-order valence-electron chi connectivity index (χ0n) is 14.1. The van der Waals surface area contributed by atoms with E-state index in [1.807, 2.05) is 25.7 Å². The predicted octanol–water partition coefficient (Wildman–Crippen LogP) is 2.05. The third kappa shape index (κ3) is 3.22. The number of amides is 1. The van der Waals surface area contributed by atoms with Crippen LogP contribution in [-0.4, -0.2) is 52.4 Å². The van der Waals surface area contributed by atoms with Crippen molar-refractivity contribution < 1.29 is 9.53 Å². The molecule has 0 N–H and O–H groups in total. The van der Waals surface area contributed by atoms with E-state index in [-0.39, 0.29) is 11.5 Å². The predicted molar refractivity (Wildman–Crippen MR) is 97.2 cm³/mol. The fraction of sp³-hybridized carbons (Fsp3) is 0.562. The summed E-state index contributed by atoms with van der Waals surface area (Å²) in [6.07, 6.45) is 0. The summed E-state index contributed by atoms with van der Waals surface area (Å²) in [7, 11) is 0. The van der Waals surface area contributed by atoms with E-state index < -0.39 is 0 Å². The summed E-state index contributed by atoms with van der Waals surface area (Å²) in [5.74, 6) is 0.361. The van der Waals surface area contributed by atoms with Gasteiger partial charge >= 0.3 is 0 Å². The van der Waals surface area contributed by atoms with Crippen molar-refractivity contribution in [2.75, 3.05) is 32.1 Å². The van der Waals surface area contributed by atoms with E-state index in [2.05, 4.69) is 4.98 Å². The minimum absolute atomic E-state index is 0.00864. The molecule has 3 rings (SSSR count). The molecule has 6 nitrogen and oxygen atoms in total. The highest BCUT2D eigenvalue weighted by molar-refractivity contribution is 7.99. The Morgan fingerprint density at radius 1 is 1.33 bits per heavy atom. The molecule has 1 fully saturated rings. The highest BCUT2D eigenvalue weighted by atomic mass is 32.2. The molecule has 3 heterocycles. The number of nitrogens with zero attached hydrogens (tertiary/aromatic N) is 3. The molecule has 1 aliphatic rings. The zero-order chi connectivity index (χ0) is 17.3. The summed E-state index contributed by atoms with van der Waals surface area (Å²) in [5, 5.41) is 1.33. The fourth-order valence-corrected chi connectivity index (χ4v) is 4.76. The number of hydrogen-bond donors (Lipinski definition) is 0. The first-order valence-electron chi connectivity index (χ1n) is 8.01. The standard InChI is InChI=1S/C16H21N3O3S2/c1-4-19-15(21)13-10(2)11(3)24-14(13)17-16(19)23-9-12(20)18-5-7-22-8-6-18/h4-9H2,1-3H3. The molecule has 1 aliphatic heterocycles. The quantitative estimate of drug-likeness (QED) is 0.611. The fourth-order valence-electron chi connectivity index (χ4n) is 2.73. The summed E-state index contributed by atoms with van der Waals surface area (Å²) in [6.45, 7) is 8.90. The molecule has 8 heteroatoms. The van der Waals surface area contributed by atoms with Crippen LogP contribution in [0.3, 0.4) is 0 Å². The van der Waals surface area contributed by atoms with Gasteiger partial charge in [-0.3, -0.25) is 14.2 Å². The van der Waals surface area contributed by atoms with Gasteiger partial charge < -0.3 is 9.64 Å². The van der Waals surface area contributed by atoms with Gasteiger partial charge in [0.25, 0.3) is 5.56 Å². The van der Waals surface area contributed by atoms with E-state index >= 15 is 0 Å². The normalized spacial score (nSPS) is 15.2. The van der Waals surface area contributed by atoms with Crippen molar-refractivity contribution in [2.24, 2.45) is 0 Å². The van der Waals surface area contributed by atoms with Gasteiger partial charge in [0.1, 0.15) is 4.83 Å². The minimum Gasteiger partial charge on any atom is -0.378 e. The first kappa shape index (κ1) is 17.4. The number of fused-ring (bicyclic) bond motifs is 1. The van der Waals surface area contributed by atoms with Crippen molar-refractivity contribution >= 4 is 39.2 Å². The SMILES string of the molecule is CCn1c(SCC(=O)N2CCOCC2)nc2sc(C)c(C)c2c1=O. The Hall–Kier alpha value is -1.38. The third-order valence-corrected chi connectivity index (χ3v) is 6.32. The van der Waals surface area contributed by atoms with Gasteiger partial charge in [-0.2, -0.15) is 0 Å². The Labute approximate surface area is 148 Å². The molecule has 1 amide bonds. The van der Waals surface area contributed by atoms with Gasteiger partial charge in [-0.1, -0.05) is 11.8 Å². The van der Waals surface area contributed by atoms with E-state index in [9.17, 15) is 9.59 Å². The number of carbonyl (C=O) groups excluding carboxylic acids is 1. The Balaban J connectivity index is 1.86. The van der Waals surface area contributed by atoms with Crippen molar-refractivity contribution in [3.8, 4) is 0 Å². The van der Waals surface area contributed by atoms with Gasteiger partial charge in [-0.25, -0.2) is 4.98 Å². The molecule has 24 heavy (non-hydrogen) atoms. The van der Waals surface area contributed by atoms with Crippen LogP contribution in [0.15, 0.2) is 9.95 Å². The van der Waals surface area contributed by atoms with Crippen LogP contribution in [0.5, 0.6) is 0 Å². The van der Waals surface area contributed by atoms with Crippen LogP contribution >= 0.6 is 23.1 Å². The number of aryl methyl sites for hydroxylation is 2. The summed E-state index contributed by atoms with van der Waals surface area (Å²) >= 11 is 2.88. The number of ether oxygens (including phenoxy) is 1. The maximum atomic E-state index is 12.8. The van der Waals surface area contributed by atoms with E-state index in [0.29, 0.717) is 49.1 Å². The summed E-state index contributed by atoms with van der Waals surface area (Å²) in [4.78, 5) is 33.4. The Morgan fingerprint density at radius 3 is 2.71 bits per heavy atom. The molecule has 0 aromatic carbocycles. The lowest BCUT2D eigenvalue weighted by atomic mass is 10.2. The number of aromatic nitrogens is 2. The maximum absolute atomic E-state index is 12.8. The molecular weight excluding hydrogens is 346 g/mol. The van der Waals surface area contributed by atoms with Crippen LogP contribution in [-0.2, 0) is 16.1 Å². The van der Waals surface area contributed by atoms with E-state index in [4.69, 9.17) is 4.74 Å². The van der Waals surface area contributed by atoms with Crippen LogP contribution < -0.4 is 5.56 Å². The maximum Gasteiger partial charge on any atom is 0.263 e. The lowest BCUT2D eigenvalue weighted by molar-refractivity contribution is -0.132. The summed E-state index contributed by atoms with van der Waals surface area (Å²) in [6, 6.07) is 0. The van der Waals surface area contributed by atoms with Crippen molar-refractivity contribution in [2.45, 2.75) is 32.5 Å². The molecule has 0 bridgehead atoms. The van der Waals surface area contributed by atoms with Crippen molar-refractivity contribution in [3.05, 3.63) is 20.8 Å². The van der Waals surface area contributed by atoms with Gasteiger partial charge in [-0.05, 0) is 26.3 Å². The first-order chi connectivity index (χ1) is 11.5. The number of morpholine rings is 1.